The number of esters is 1. The van der Waals surface area contributed by atoms with Gasteiger partial charge in [0.15, 0.2) is 0 Å². The lowest BCUT2D eigenvalue weighted by atomic mass is 9.84. The Bertz CT molecular complexity index is 984. The van der Waals surface area contributed by atoms with Crippen LogP contribution in [0.5, 0.6) is 0 Å². The zero-order valence-electron chi connectivity index (χ0n) is 26.1. The largest absolute Gasteiger partial charge is 0.464 e. The number of benzene rings is 1. The Morgan fingerprint density at radius 1 is 0.775 bits per heavy atom. The summed E-state index contributed by atoms with van der Waals surface area (Å²) in [6, 6.07) is 6.05. The van der Waals surface area contributed by atoms with Crippen LogP contribution in [0.2, 0.25) is 0 Å². The molecule has 0 aliphatic carbocycles. The number of rotatable bonds is 13. The molecule has 226 valence electrons. The Labute approximate surface area is 240 Å². The van der Waals surface area contributed by atoms with E-state index >= 15 is 0 Å². The van der Waals surface area contributed by atoms with Crippen molar-refractivity contribution in [2.75, 3.05) is 6.61 Å². The third-order valence-corrected chi connectivity index (χ3v) is 7.23. The number of nitrogens with one attached hydrogen (secondary N) is 3. The highest BCUT2D eigenvalue weighted by atomic mass is 16.5. The van der Waals surface area contributed by atoms with E-state index in [1.807, 2.05) is 92.6 Å². The molecule has 0 bridgehead atoms. The van der Waals surface area contributed by atoms with Gasteiger partial charge >= 0.3 is 5.97 Å². The second-order valence-electron chi connectivity index (χ2n) is 12.9. The van der Waals surface area contributed by atoms with Crippen LogP contribution in [0.4, 0.5) is 0 Å². The maximum absolute atomic E-state index is 13.8. The molecular weight excluding hydrogens is 508 g/mol. The van der Waals surface area contributed by atoms with Crippen molar-refractivity contribution >= 4 is 23.7 Å². The highest BCUT2D eigenvalue weighted by Gasteiger charge is 2.39. The van der Waals surface area contributed by atoms with E-state index in [9.17, 15) is 19.2 Å². The van der Waals surface area contributed by atoms with Crippen LogP contribution in [0.3, 0.4) is 0 Å². The number of carbonyl (C=O) groups is 4. The second kappa shape index (κ2) is 15.2. The van der Waals surface area contributed by atoms with Crippen LogP contribution < -0.4 is 21.7 Å². The molecule has 0 spiro atoms. The standard InChI is InChI=1S/C31H52N4O5/c1-11-19(3)23(29(39)40-12-2)34-28(38)25(31(8,9)10)35-26(36)22(33-27(37)24(32)30(5,6)7)20(4)18-21-16-14-13-15-17-21/h13-17,19-20,22-25H,11-12,18,32H2,1-10H3,(H,33,37)(H,34,38)(H,35,36)/t19-,20-,22-,23-,24+,25+/m0/s1. The topological polar surface area (TPSA) is 140 Å². The molecule has 9 nitrogen and oxygen atoms in total. The predicted octanol–water partition coefficient (Wildman–Crippen LogP) is 3.35. The van der Waals surface area contributed by atoms with Crippen molar-refractivity contribution < 1.29 is 23.9 Å². The highest BCUT2D eigenvalue weighted by molar-refractivity contribution is 5.95. The fourth-order valence-electron chi connectivity index (χ4n) is 4.25. The summed E-state index contributed by atoms with van der Waals surface area (Å²) in [5.74, 6) is -2.42. The minimum Gasteiger partial charge on any atom is -0.464 e. The van der Waals surface area contributed by atoms with E-state index in [-0.39, 0.29) is 18.4 Å². The lowest BCUT2D eigenvalue weighted by Crippen LogP contribution is -2.62. The Balaban J connectivity index is 3.31. The number of hydrogen-bond donors (Lipinski definition) is 4. The molecule has 0 fully saturated rings. The second-order valence-corrected chi connectivity index (χ2v) is 12.9. The van der Waals surface area contributed by atoms with Crippen LogP contribution in [-0.4, -0.2) is 54.5 Å². The van der Waals surface area contributed by atoms with E-state index in [2.05, 4.69) is 16.0 Å². The van der Waals surface area contributed by atoms with Crippen molar-refractivity contribution in [2.45, 2.75) is 106 Å². The molecule has 0 radical (unpaired) electrons. The molecule has 0 aromatic heterocycles. The van der Waals surface area contributed by atoms with Crippen LogP contribution in [0.25, 0.3) is 0 Å². The van der Waals surface area contributed by atoms with Gasteiger partial charge in [0.25, 0.3) is 0 Å². The fraction of sp³-hybridized carbons (Fsp3) is 0.677. The number of amides is 3. The van der Waals surface area contributed by atoms with Crippen LogP contribution in [0, 0.1) is 22.7 Å². The molecule has 0 saturated carbocycles. The molecule has 5 N–H and O–H groups in total. The molecule has 1 rings (SSSR count). The molecule has 0 aliphatic rings. The van der Waals surface area contributed by atoms with E-state index in [1.54, 1.807) is 6.92 Å². The summed E-state index contributed by atoms with van der Waals surface area (Å²) in [5, 5.41) is 8.56. The van der Waals surface area contributed by atoms with Gasteiger partial charge in [-0.1, -0.05) is 99.1 Å². The first-order valence-electron chi connectivity index (χ1n) is 14.3. The molecule has 6 atom stereocenters. The molecule has 1 aromatic carbocycles. The van der Waals surface area contributed by atoms with Gasteiger partial charge in [0.2, 0.25) is 17.7 Å². The summed E-state index contributed by atoms with van der Waals surface area (Å²) >= 11 is 0. The molecule has 0 unspecified atom stereocenters. The monoisotopic (exact) mass is 560 g/mol. The Morgan fingerprint density at radius 3 is 1.80 bits per heavy atom. The smallest absolute Gasteiger partial charge is 0.328 e. The minimum atomic E-state index is -0.986. The van der Waals surface area contributed by atoms with Crippen molar-refractivity contribution in [2.24, 2.45) is 28.4 Å². The number of ether oxygens (including phenoxy) is 1. The summed E-state index contributed by atoms with van der Waals surface area (Å²) in [6.45, 7) is 18.6. The Hall–Kier alpha value is -2.94. The molecule has 0 heterocycles. The van der Waals surface area contributed by atoms with E-state index < -0.39 is 58.7 Å². The summed E-state index contributed by atoms with van der Waals surface area (Å²) in [6.07, 6.45) is 1.17. The third-order valence-electron chi connectivity index (χ3n) is 7.23. The number of nitrogens with two attached hydrogens (primary N) is 1. The fourth-order valence-corrected chi connectivity index (χ4v) is 4.25. The molecule has 3 amide bonds. The first kappa shape index (κ1) is 35.1. The third kappa shape index (κ3) is 10.6. The molecular formula is C31H52N4O5. The first-order valence-corrected chi connectivity index (χ1v) is 14.3. The average molecular weight is 561 g/mol. The normalized spacial score (nSPS) is 16.5. The predicted molar refractivity (Wildman–Crippen MR) is 158 cm³/mol. The molecule has 40 heavy (non-hydrogen) atoms. The van der Waals surface area contributed by atoms with Crippen molar-refractivity contribution in [1.82, 2.24) is 16.0 Å². The van der Waals surface area contributed by atoms with E-state index in [4.69, 9.17) is 10.5 Å². The lowest BCUT2D eigenvalue weighted by molar-refractivity contribution is -0.149. The number of hydrogen-bond acceptors (Lipinski definition) is 6. The number of carbonyl (C=O) groups excluding carboxylic acids is 4. The summed E-state index contributed by atoms with van der Waals surface area (Å²) in [5.41, 5.74) is 6.01. The zero-order valence-corrected chi connectivity index (χ0v) is 26.1. The highest BCUT2D eigenvalue weighted by Crippen LogP contribution is 2.23. The van der Waals surface area contributed by atoms with Gasteiger partial charge < -0.3 is 26.4 Å². The maximum Gasteiger partial charge on any atom is 0.328 e. The van der Waals surface area contributed by atoms with Crippen LogP contribution in [-0.2, 0) is 30.3 Å². The van der Waals surface area contributed by atoms with Gasteiger partial charge in [-0.15, -0.1) is 0 Å². The SMILES string of the molecule is CCOC(=O)[C@@H](NC(=O)[C@@H](NC(=O)[C@@H](NC(=O)[C@@H](N)C(C)(C)C)[C@@H](C)Cc1ccccc1)C(C)(C)C)[C@@H](C)CC. The van der Waals surface area contributed by atoms with Gasteiger partial charge in [0.1, 0.15) is 18.1 Å². The Morgan fingerprint density at radius 2 is 1.32 bits per heavy atom. The van der Waals surface area contributed by atoms with Crippen molar-refractivity contribution in [3.8, 4) is 0 Å². The van der Waals surface area contributed by atoms with Crippen molar-refractivity contribution in [1.29, 1.82) is 0 Å². The van der Waals surface area contributed by atoms with Gasteiger partial charge in [-0.2, -0.15) is 0 Å². The molecule has 1 aromatic rings. The van der Waals surface area contributed by atoms with Gasteiger partial charge in [-0.3, -0.25) is 14.4 Å². The summed E-state index contributed by atoms with van der Waals surface area (Å²) in [7, 11) is 0. The van der Waals surface area contributed by atoms with E-state index in [0.29, 0.717) is 12.8 Å². The summed E-state index contributed by atoms with van der Waals surface area (Å²) in [4.78, 5) is 53.1. The molecule has 0 aliphatic heterocycles. The van der Waals surface area contributed by atoms with Gasteiger partial charge in [0, 0.05) is 0 Å². The Kier molecular flexibility index (Phi) is 13.3. The molecule has 0 saturated heterocycles. The van der Waals surface area contributed by atoms with Crippen molar-refractivity contribution in [3.05, 3.63) is 35.9 Å². The van der Waals surface area contributed by atoms with Gasteiger partial charge in [-0.25, -0.2) is 4.79 Å². The van der Waals surface area contributed by atoms with Gasteiger partial charge in [0.05, 0.1) is 12.6 Å². The average Bonchev–Trinajstić information content (AvgIpc) is 2.86. The first-order chi connectivity index (χ1) is 18.4. The molecule has 9 heteroatoms. The summed E-state index contributed by atoms with van der Waals surface area (Å²) < 4.78 is 5.19. The van der Waals surface area contributed by atoms with Crippen molar-refractivity contribution in [3.63, 3.8) is 0 Å². The minimum absolute atomic E-state index is 0.170. The van der Waals surface area contributed by atoms with Crippen LogP contribution in [0.1, 0.15) is 81.2 Å². The van der Waals surface area contributed by atoms with Crippen LogP contribution in [0.15, 0.2) is 30.3 Å². The van der Waals surface area contributed by atoms with Crippen LogP contribution >= 0.6 is 0 Å². The van der Waals surface area contributed by atoms with Gasteiger partial charge in [-0.05, 0) is 41.6 Å². The quantitative estimate of drug-likeness (QED) is 0.273. The lowest BCUT2D eigenvalue weighted by Gasteiger charge is -2.35. The van der Waals surface area contributed by atoms with E-state index in [1.165, 1.54) is 0 Å². The van der Waals surface area contributed by atoms with E-state index in [0.717, 1.165) is 5.56 Å². The zero-order chi connectivity index (χ0) is 30.8. The maximum atomic E-state index is 13.8.